The van der Waals surface area contributed by atoms with Gasteiger partial charge in [0, 0.05) is 12.1 Å². The van der Waals surface area contributed by atoms with Gasteiger partial charge in [0.2, 0.25) is 0 Å². The zero-order valence-corrected chi connectivity index (χ0v) is 9.01. The summed E-state index contributed by atoms with van der Waals surface area (Å²) in [6, 6.07) is 6.44. The molecular formula is C8H12Cl2N2O2. The van der Waals surface area contributed by atoms with Gasteiger partial charge in [-0.1, -0.05) is 12.1 Å². The summed E-state index contributed by atoms with van der Waals surface area (Å²) in [6.07, 6.45) is 0.762. The van der Waals surface area contributed by atoms with Crippen molar-refractivity contribution in [2.45, 2.75) is 6.42 Å². The molecule has 4 nitrogen and oxygen atoms in total. The standard InChI is InChI=1S/C8H10N2O2.2ClH/c9-6-5-7-1-3-8(4-2-7)10(11)12;;/h1-4H,5-6,9H2;2*1H. The Bertz CT molecular complexity index is 277. The van der Waals surface area contributed by atoms with Gasteiger partial charge >= 0.3 is 0 Å². The second-order valence-electron chi connectivity index (χ2n) is 2.46. The number of non-ortho nitro benzene ring substituents is 1. The Balaban J connectivity index is 0. The molecule has 0 saturated carbocycles. The molecule has 2 N–H and O–H groups in total. The van der Waals surface area contributed by atoms with E-state index in [0.717, 1.165) is 12.0 Å². The van der Waals surface area contributed by atoms with Crippen molar-refractivity contribution in [1.82, 2.24) is 0 Å². The molecular weight excluding hydrogens is 227 g/mol. The third kappa shape index (κ3) is 4.41. The first kappa shape index (κ1) is 15.6. The van der Waals surface area contributed by atoms with Crippen molar-refractivity contribution in [2.75, 3.05) is 6.54 Å². The first-order chi connectivity index (χ1) is 5.74. The molecule has 0 aliphatic heterocycles. The van der Waals surface area contributed by atoms with Crippen molar-refractivity contribution in [2.24, 2.45) is 5.73 Å². The van der Waals surface area contributed by atoms with Gasteiger partial charge in [0.05, 0.1) is 4.92 Å². The van der Waals surface area contributed by atoms with Crippen molar-refractivity contribution in [3.05, 3.63) is 39.9 Å². The maximum atomic E-state index is 10.3. The third-order valence-corrected chi connectivity index (χ3v) is 1.58. The van der Waals surface area contributed by atoms with Crippen LogP contribution in [0.1, 0.15) is 5.56 Å². The van der Waals surface area contributed by atoms with Crippen LogP contribution in [0.2, 0.25) is 0 Å². The van der Waals surface area contributed by atoms with E-state index in [1.54, 1.807) is 12.1 Å². The second kappa shape index (κ2) is 7.55. The van der Waals surface area contributed by atoms with Crippen LogP contribution >= 0.6 is 24.8 Å². The summed E-state index contributed by atoms with van der Waals surface area (Å²) >= 11 is 0. The summed E-state index contributed by atoms with van der Waals surface area (Å²) in [5, 5.41) is 10.3. The molecule has 0 aliphatic carbocycles. The third-order valence-electron chi connectivity index (χ3n) is 1.58. The largest absolute Gasteiger partial charge is 0.330 e. The minimum absolute atomic E-state index is 0. The smallest absolute Gasteiger partial charge is 0.269 e. The maximum absolute atomic E-state index is 10.3. The lowest BCUT2D eigenvalue weighted by atomic mass is 10.1. The Labute approximate surface area is 94.5 Å². The number of benzene rings is 1. The molecule has 0 unspecified atom stereocenters. The summed E-state index contributed by atoms with van der Waals surface area (Å²) < 4.78 is 0. The van der Waals surface area contributed by atoms with Gasteiger partial charge in [-0.05, 0) is 18.5 Å². The van der Waals surface area contributed by atoms with Gasteiger partial charge < -0.3 is 5.73 Å². The quantitative estimate of drug-likeness (QED) is 0.647. The molecule has 1 rings (SSSR count). The molecule has 0 aliphatic rings. The molecule has 0 aromatic heterocycles. The van der Waals surface area contributed by atoms with Crippen LogP contribution in [0, 0.1) is 10.1 Å². The average Bonchev–Trinajstić information content (AvgIpc) is 2.06. The predicted molar refractivity (Wildman–Crippen MR) is 60.4 cm³/mol. The molecule has 0 heterocycles. The van der Waals surface area contributed by atoms with Gasteiger partial charge in [-0.15, -0.1) is 24.8 Å². The number of rotatable bonds is 3. The lowest BCUT2D eigenvalue weighted by Crippen LogP contribution is -2.02. The fourth-order valence-corrected chi connectivity index (χ4v) is 0.951. The topological polar surface area (TPSA) is 69.2 Å². The van der Waals surface area contributed by atoms with E-state index in [-0.39, 0.29) is 30.5 Å². The van der Waals surface area contributed by atoms with Crippen LogP contribution in [-0.4, -0.2) is 11.5 Å². The van der Waals surface area contributed by atoms with Crippen molar-refractivity contribution >= 4 is 30.5 Å². The molecule has 0 radical (unpaired) electrons. The van der Waals surface area contributed by atoms with Gasteiger partial charge in [0.1, 0.15) is 0 Å². The lowest BCUT2D eigenvalue weighted by Gasteiger charge is -1.96. The van der Waals surface area contributed by atoms with Gasteiger partial charge in [-0.25, -0.2) is 0 Å². The zero-order valence-electron chi connectivity index (χ0n) is 7.38. The molecule has 0 saturated heterocycles. The van der Waals surface area contributed by atoms with Crippen LogP contribution in [0.25, 0.3) is 0 Å². The fraction of sp³-hybridized carbons (Fsp3) is 0.250. The van der Waals surface area contributed by atoms with Crippen LogP contribution in [0.15, 0.2) is 24.3 Å². The Kier molecular flexibility index (Phi) is 8.43. The molecule has 6 heteroatoms. The zero-order chi connectivity index (χ0) is 8.97. The van der Waals surface area contributed by atoms with Gasteiger partial charge in [-0.3, -0.25) is 10.1 Å². The highest BCUT2D eigenvalue weighted by Gasteiger charge is 2.02. The average molecular weight is 239 g/mol. The van der Waals surface area contributed by atoms with Crippen molar-refractivity contribution in [3.63, 3.8) is 0 Å². The number of nitrogens with two attached hydrogens (primary N) is 1. The number of nitro groups is 1. The Hall–Kier alpha value is -0.840. The molecule has 0 amide bonds. The highest BCUT2D eigenvalue weighted by atomic mass is 35.5. The number of hydrogen-bond acceptors (Lipinski definition) is 3. The van der Waals surface area contributed by atoms with Crippen LogP contribution in [-0.2, 0) is 6.42 Å². The molecule has 14 heavy (non-hydrogen) atoms. The summed E-state index contributed by atoms with van der Waals surface area (Å²) in [7, 11) is 0. The van der Waals surface area contributed by atoms with E-state index in [4.69, 9.17) is 5.73 Å². The van der Waals surface area contributed by atoms with Crippen LogP contribution in [0.4, 0.5) is 5.69 Å². The molecule has 0 spiro atoms. The molecule has 0 bridgehead atoms. The molecule has 80 valence electrons. The first-order valence-electron chi connectivity index (χ1n) is 3.67. The summed E-state index contributed by atoms with van der Waals surface area (Å²) in [5.41, 5.74) is 6.48. The summed E-state index contributed by atoms with van der Waals surface area (Å²) in [6.45, 7) is 0.567. The van der Waals surface area contributed by atoms with Crippen molar-refractivity contribution < 1.29 is 4.92 Å². The SMILES string of the molecule is Cl.Cl.NCCc1ccc([N+](=O)[O-])cc1. The number of nitro benzene ring substituents is 1. The van der Waals surface area contributed by atoms with E-state index < -0.39 is 4.92 Å². The maximum Gasteiger partial charge on any atom is 0.269 e. The first-order valence-corrected chi connectivity index (χ1v) is 3.67. The van der Waals surface area contributed by atoms with E-state index in [1.807, 2.05) is 0 Å². The van der Waals surface area contributed by atoms with Gasteiger partial charge in [0.15, 0.2) is 0 Å². The van der Waals surface area contributed by atoms with E-state index in [2.05, 4.69) is 0 Å². The lowest BCUT2D eigenvalue weighted by molar-refractivity contribution is -0.384. The van der Waals surface area contributed by atoms with Crippen LogP contribution < -0.4 is 5.73 Å². The molecule has 0 fully saturated rings. The van der Waals surface area contributed by atoms with Gasteiger partial charge in [-0.2, -0.15) is 0 Å². The normalized spacial score (nSPS) is 8.36. The minimum Gasteiger partial charge on any atom is -0.330 e. The van der Waals surface area contributed by atoms with Crippen LogP contribution in [0.5, 0.6) is 0 Å². The number of hydrogen-bond donors (Lipinski definition) is 1. The fourth-order valence-electron chi connectivity index (χ4n) is 0.951. The molecule has 1 aromatic rings. The van der Waals surface area contributed by atoms with Crippen molar-refractivity contribution in [3.8, 4) is 0 Å². The van der Waals surface area contributed by atoms with Gasteiger partial charge in [0.25, 0.3) is 5.69 Å². The Morgan fingerprint density at radius 2 is 1.71 bits per heavy atom. The monoisotopic (exact) mass is 238 g/mol. The van der Waals surface area contributed by atoms with Crippen molar-refractivity contribution in [1.29, 1.82) is 0 Å². The van der Waals surface area contributed by atoms with E-state index in [1.165, 1.54) is 12.1 Å². The summed E-state index contributed by atoms with van der Waals surface area (Å²) in [4.78, 5) is 9.84. The highest BCUT2D eigenvalue weighted by Crippen LogP contribution is 2.11. The highest BCUT2D eigenvalue weighted by molar-refractivity contribution is 5.85. The summed E-state index contributed by atoms with van der Waals surface area (Å²) in [5.74, 6) is 0. The molecule has 0 atom stereocenters. The van der Waals surface area contributed by atoms with Crippen LogP contribution in [0.3, 0.4) is 0 Å². The van der Waals surface area contributed by atoms with E-state index in [9.17, 15) is 10.1 Å². The second-order valence-corrected chi connectivity index (χ2v) is 2.46. The van der Waals surface area contributed by atoms with E-state index in [0.29, 0.717) is 6.54 Å². The van der Waals surface area contributed by atoms with E-state index >= 15 is 0 Å². The Morgan fingerprint density at radius 3 is 2.07 bits per heavy atom. The predicted octanol–water partition coefficient (Wildman–Crippen LogP) is 1.94. The number of halogens is 2. The minimum atomic E-state index is -0.410. The number of nitrogens with zero attached hydrogens (tertiary/aromatic N) is 1. The molecule has 1 aromatic carbocycles. The Morgan fingerprint density at radius 1 is 1.21 bits per heavy atom.